The predicted octanol–water partition coefficient (Wildman–Crippen LogP) is -0.550. The molecule has 0 radical (unpaired) electrons. The quantitative estimate of drug-likeness (QED) is 0.657. The molecule has 16 heavy (non-hydrogen) atoms. The first-order valence-electron chi connectivity index (χ1n) is 5.81. The lowest BCUT2D eigenvalue weighted by atomic mass is 9.68. The Morgan fingerprint density at radius 3 is 2.25 bits per heavy atom. The lowest BCUT2D eigenvalue weighted by Crippen LogP contribution is -2.55. The Kier molecular flexibility index (Phi) is 3.14. The second-order valence-electron chi connectivity index (χ2n) is 4.73. The predicted molar refractivity (Wildman–Crippen MR) is 57.6 cm³/mol. The van der Waals surface area contributed by atoms with Crippen LogP contribution in [0.15, 0.2) is 0 Å². The van der Waals surface area contributed by atoms with Crippen molar-refractivity contribution in [3.63, 3.8) is 0 Å². The van der Waals surface area contributed by atoms with Crippen LogP contribution in [0.3, 0.4) is 0 Å². The zero-order valence-corrected chi connectivity index (χ0v) is 9.39. The van der Waals surface area contributed by atoms with E-state index in [0.717, 1.165) is 25.7 Å². The zero-order valence-electron chi connectivity index (χ0n) is 9.39. The van der Waals surface area contributed by atoms with Crippen LogP contribution in [0.5, 0.6) is 0 Å². The molecule has 0 aromatic heterocycles. The third kappa shape index (κ3) is 1.80. The molecule has 0 aromatic rings. The topological polar surface area (TPSA) is 60.9 Å². The Hall–Kier alpha value is -1.10. The fraction of sp³-hybridized carbons (Fsp3) is 0.818. The summed E-state index contributed by atoms with van der Waals surface area (Å²) in [6, 6.07) is 0. The SMILES string of the molecule is O=CN1CCN(C(=O)C2(CO)CCC2)CC1. The van der Waals surface area contributed by atoms with Gasteiger partial charge in [-0.15, -0.1) is 0 Å². The molecule has 1 heterocycles. The minimum absolute atomic E-state index is 0.0419. The Balaban J connectivity index is 1.93. The molecule has 0 unspecified atom stereocenters. The number of carbonyl (C=O) groups is 2. The summed E-state index contributed by atoms with van der Waals surface area (Å²) >= 11 is 0. The Morgan fingerprint density at radius 1 is 1.25 bits per heavy atom. The van der Waals surface area contributed by atoms with E-state index in [2.05, 4.69) is 0 Å². The van der Waals surface area contributed by atoms with Crippen LogP contribution in [0.1, 0.15) is 19.3 Å². The number of amides is 2. The van der Waals surface area contributed by atoms with Crippen LogP contribution >= 0.6 is 0 Å². The van der Waals surface area contributed by atoms with Crippen LogP contribution in [0.2, 0.25) is 0 Å². The molecule has 1 aliphatic heterocycles. The van der Waals surface area contributed by atoms with E-state index in [-0.39, 0.29) is 12.5 Å². The van der Waals surface area contributed by atoms with Gasteiger partial charge >= 0.3 is 0 Å². The molecule has 1 saturated carbocycles. The van der Waals surface area contributed by atoms with Crippen molar-refractivity contribution in [2.45, 2.75) is 19.3 Å². The highest BCUT2D eigenvalue weighted by Gasteiger charge is 2.46. The van der Waals surface area contributed by atoms with E-state index < -0.39 is 5.41 Å². The van der Waals surface area contributed by atoms with Crippen molar-refractivity contribution in [3.05, 3.63) is 0 Å². The number of carbonyl (C=O) groups excluding carboxylic acids is 2. The normalized spacial score (nSPS) is 23.8. The maximum Gasteiger partial charge on any atom is 0.231 e. The smallest absolute Gasteiger partial charge is 0.231 e. The molecule has 5 nitrogen and oxygen atoms in total. The summed E-state index contributed by atoms with van der Waals surface area (Å²) in [5.74, 6) is 0.0757. The van der Waals surface area contributed by atoms with Crippen LogP contribution in [-0.2, 0) is 9.59 Å². The molecule has 2 amide bonds. The van der Waals surface area contributed by atoms with E-state index in [4.69, 9.17) is 0 Å². The molecule has 1 aliphatic carbocycles. The van der Waals surface area contributed by atoms with Gasteiger partial charge in [0.15, 0.2) is 0 Å². The Morgan fingerprint density at radius 2 is 1.88 bits per heavy atom. The van der Waals surface area contributed by atoms with E-state index in [1.54, 1.807) is 9.80 Å². The second-order valence-corrected chi connectivity index (χ2v) is 4.73. The van der Waals surface area contributed by atoms with Crippen LogP contribution in [0.25, 0.3) is 0 Å². The van der Waals surface area contributed by atoms with Gasteiger partial charge in [-0.3, -0.25) is 9.59 Å². The fourth-order valence-corrected chi connectivity index (χ4v) is 2.41. The monoisotopic (exact) mass is 226 g/mol. The second kappa shape index (κ2) is 4.41. The van der Waals surface area contributed by atoms with E-state index >= 15 is 0 Å². The van der Waals surface area contributed by atoms with Crippen LogP contribution in [0.4, 0.5) is 0 Å². The van der Waals surface area contributed by atoms with Gasteiger partial charge in [0.25, 0.3) is 0 Å². The Bertz CT molecular complexity index is 275. The van der Waals surface area contributed by atoms with Gasteiger partial charge < -0.3 is 14.9 Å². The largest absolute Gasteiger partial charge is 0.395 e. The lowest BCUT2D eigenvalue weighted by Gasteiger charge is -2.44. The van der Waals surface area contributed by atoms with Gasteiger partial charge in [0, 0.05) is 26.2 Å². The molecule has 0 bridgehead atoms. The number of rotatable bonds is 3. The highest BCUT2D eigenvalue weighted by molar-refractivity contribution is 5.84. The van der Waals surface area contributed by atoms with Crippen molar-refractivity contribution in [3.8, 4) is 0 Å². The van der Waals surface area contributed by atoms with Crippen molar-refractivity contribution < 1.29 is 14.7 Å². The summed E-state index contributed by atoms with van der Waals surface area (Å²) < 4.78 is 0. The molecule has 0 spiro atoms. The minimum Gasteiger partial charge on any atom is -0.395 e. The van der Waals surface area contributed by atoms with E-state index in [1.165, 1.54) is 0 Å². The maximum absolute atomic E-state index is 12.2. The molecule has 2 aliphatic rings. The lowest BCUT2D eigenvalue weighted by molar-refractivity contribution is -0.153. The number of piperazine rings is 1. The van der Waals surface area contributed by atoms with Gasteiger partial charge in [-0.2, -0.15) is 0 Å². The molecule has 0 aromatic carbocycles. The van der Waals surface area contributed by atoms with Gasteiger partial charge in [0.05, 0.1) is 12.0 Å². The summed E-state index contributed by atoms with van der Waals surface area (Å²) in [4.78, 5) is 26.2. The van der Waals surface area contributed by atoms with Crippen molar-refractivity contribution >= 4 is 12.3 Å². The maximum atomic E-state index is 12.2. The highest BCUT2D eigenvalue weighted by atomic mass is 16.3. The zero-order chi connectivity index (χ0) is 11.6. The van der Waals surface area contributed by atoms with Crippen LogP contribution < -0.4 is 0 Å². The molecule has 2 rings (SSSR count). The van der Waals surface area contributed by atoms with Crippen molar-refractivity contribution in [2.75, 3.05) is 32.8 Å². The van der Waals surface area contributed by atoms with Crippen molar-refractivity contribution in [1.29, 1.82) is 0 Å². The number of hydrogen-bond donors (Lipinski definition) is 1. The van der Waals surface area contributed by atoms with Crippen LogP contribution in [-0.4, -0.2) is 60.0 Å². The van der Waals surface area contributed by atoms with Gasteiger partial charge in [-0.1, -0.05) is 6.42 Å². The number of aliphatic hydroxyl groups excluding tert-OH is 1. The standard InChI is InChI=1S/C11H18N2O3/c14-8-11(2-1-3-11)10(16)13-6-4-12(9-15)5-7-13/h9,14H,1-8H2. The van der Waals surface area contributed by atoms with Gasteiger partial charge in [-0.25, -0.2) is 0 Å². The summed E-state index contributed by atoms with van der Waals surface area (Å²) in [6.07, 6.45) is 3.46. The third-order valence-corrected chi connectivity index (χ3v) is 3.82. The molecular weight excluding hydrogens is 208 g/mol. The Labute approximate surface area is 95.0 Å². The van der Waals surface area contributed by atoms with E-state index in [1.807, 2.05) is 0 Å². The summed E-state index contributed by atoms with van der Waals surface area (Å²) in [7, 11) is 0. The molecule has 5 heteroatoms. The number of nitrogens with zero attached hydrogens (tertiary/aromatic N) is 2. The highest BCUT2D eigenvalue weighted by Crippen LogP contribution is 2.42. The van der Waals surface area contributed by atoms with Crippen LogP contribution in [0, 0.1) is 5.41 Å². The van der Waals surface area contributed by atoms with Crippen molar-refractivity contribution in [2.24, 2.45) is 5.41 Å². The summed E-state index contributed by atoms with van der Waals surface area (Å²) in [6.45, 7) is 2.37. The first kappa shape index (κ1) is 11.4. The fourth-order valence-electron chi connectivity index (χ4n) is 2.41. The van der Waals surface area contributed by atoms with Gasteiger partial charge in [-0.05, 0) is 12.8 Å². The number of hydrogen-bond acceptors (Lipinski definition) is 3. The molecular formula is C11H18N2O3. The molecule has 1 saturated heterocycles. The summed E-state index contributed by atoms with van der Waals surface area (Å²) in [5, 5.41) is 9.32. The molecule has 90 valence electrons. The van der Waals surface area contributed by atoms with Crippen molar-refractivity contribution in [1.82, 2.24) is 9.80 Å². The third-order valence-electron chi connectivity index (χ3n) is 3.82. The van der Waals surface area contributed by atoms with Gasteiger partial charge in [0.2, 0.25) is 12.3 Å². The number of aliphatic hydroxyl groups is 1. The minimum atomic E-state index is -0.497. The van der Waals surface area contributed by atoms with E-state index in [9.17, 15) is 14.7 Å². The molecule has 0 atom stereocenters. The van der Waals surface area contributed by atoms with Gasteiger partial charge in [0.1, 0.15) is 0 Å². The average Bonchev–Trinajstić information content (AvgIpc) is 2.28. The summed E-state index contributed by atoms with van der Waals surface area (Å²) in [5.41, 5.74) is -0.497. The first-order chi connectivity index (χ1) is 7.72. The average molecular weight is 226 g/mol. The molecule has 1 N–H and O–H groups in total. The van der Waals surface area contributed by atoms with E-state index in [0.29, 0.717) is 26.2 Å². The molecule has 2 fully saturated rings. The first-order valence-corrected chi connectivity index (χ1v) is 5.81.